The fourth-order valence-corrected chi connectivity index (χ4v) is 1.18. The second kappa shape index (κ2) is 4.07. The van der Waals surface area contributed by atoms with Crippen molar-refractivity contribution in [3.8, 4) is 17.2 Å². The standard InChI is InChI=1S/C9H13BO3/c1-11-6-4-7(12-2)9(10)8(5-6)13-3/h4-5H,10H2,1-3H3. The van der Waals surface area contributed by atoms with E-state index in [-0.39, 0.29) is 0 Å². The molecular weight excluding hydrogens is 167 g/mol. The topological polar surface area (TPSA) is 27.7 Å². The molecule has 0 radical (unpaired) electrons. The third-order valence-electron chi connectivity index (χ3n) is 1.96. The highest BCUT2D eigenvalue weighted by Crippen LogP contribution is 2.23. The Hall–Kier alpha value is -1.32. The maximum Gasteiger partial charge on any atom is 0.149 e. The highest BCUT2D eigenvalue weighted by Gasteiger charge is 2.07. The predicted molar refractivity (Wildman–Crippen MR) is 54.3 cm³/mol. The molecule has 0 atom stereocenters. The second-order valence-electron chi connectivity index (χ2n) is 2.66. The van der Waals surface area contributed by atoms with Crippen LogP contribution in [0.3, 0.4) is 0 Å². The van der Waals surface area contributed by atoms with Crippen molar-refractivity contribution in [1.82, 2.24) is 0 Å². The molecule has 0 aromatic heterocycles. The normalized spacial score (nSPS) is 9.46. The largest absolute Gasteiger partial charge is 0.497 e. The summed E-state index contributed by atoms with van der Waals surface area (Å²) in [7, 11) is 6.81. The molecular formula is C9H13BO3. The molecule has 0 heterocycles. The van der Waals surface area contributed by atoms with Crippen molar-refractivity contribution in [3.05, 3.63) is 12.1 Å². The van der Waals surface area contributed by atoms with Gasteiger partial charge >= 0.3 is 0 Å². The Morgan fingerprint density at radius 2 is 1.38 bits per heavy atom. The van der Waals surface area contributed by atoms with Gasteiger partial charge in [0.2, 0.25) is 0 Å². The molecule has 0 aliphatic carbocycles. The maximum absolute atomic E-state index is 5.17. The van der Waals surface area contributed by atoms with E-state index in [1.54, 1.807) is 21.3 Å². The Morgan fingerprint density at radius 3 is 1.69 bits per heavy atom. The van der Waals surface area contributed by atoms with Crippen molar-refractivity contribution in [2.75, 3.05) is 21.3 Å². The zero-order chi connectivity index (χ0) is 9.84. The minimum atomic E-state index is 0.735. The molecule has 70 valence electrons. The van der Waals surface area contributed by atoms with Gasteiger partial charge in [-0.05, 0) is 5.46 Å². The van der Waals surface area contributed by atoms with Gasteiger partial charge in [-0.3, -0.25) is 0 Å². The molecule has 0 N–H and O–H groups in total. The fraction of sp³-hybridized carbons (Fsp3) is 0.333. The van der Waals surface area contributed by atoms with Crippen LogP contribution in [0.4, 0.5) is 0 Å². The number of hydrogen-bond donors (Lipinski definition) is 0. The van der Waals surface area contributed by atoms with Crippen LogP contribution in [0.25, 0.3) is 0 Å². The highest BCUT2D eigenvalue weighted by molar-refractivity contribution is 6.36. The first-order valence-corrected chi connectivity index (χ1v) is 3.99. The molecule has 0 amide bonds. The Morgan fingerprint density at radius 1 is 0.923 bits per heavy atom. The Balaban J connectivity index is 3.20. The number of rotatable bonds is 3. The summed E-state index contributed by atoms with van der Waals surface area (Å²) in [5, 5.41) is 0. The highest BCUT2D eigenvalue weighted by atomic mass is 16.5. The zero-order valence-corrected chi connectivity index (χ0v) is 8.38. The summed E-state index contributed by atoms with van der Waals surface area (Å²) in [5.74, 6) is 2.28. The van der Waals surface area contributed by atoms with E-state index in [1.165, 1.54) is 0 Å². The molecule has 0 saturated heterocycles. The van der Waals surface area contributed by atoms with Crippen LogP contribution in [0.15, 0.2) is 12.1 Å². The van der Waals surface area contributed by atoms with Gasteiger partial charge in [0.05, 0.1) is 21.3 Å². The van der Waals surface area contributed by atoms with Gasteiger partial charge < -0.3 is 14.2 Å². The summed E-state index contributed by atoms with van der Waals surface area (Å²) in [5.41, 5.74) is 0.978. The van der Waals surface area contributed by atoms with Crippen LogP contribution in [-0.2, 0) is 0 Å². The van der Waals surface area contributed by atoms with E-state index in [9.17, 15) is 0 Å². The third-order valence-corrected chi connectivity index (χ3v) is 1.96. The molecule has 3 nitrogen and oxygen atoms in total. The minimum Gasteiger partial charge on any atom is -0.497 e. The van der Waals surface area contributed by atoms with Crippen molar-refractivity contribution in [2.24, 2.45) is 0 Å². The van der Waals surface area contributed by atoms with E-state index in [0.717, 1.165) is 22.7 Å². The fourth-order valence-electron chi connectivity index (χ4n) is 1.18. The summed E-state index contributed by atoms with van der Waals surface area (Å²) < 4.78 is 15.4. The smallest absolute Gasteiger partial charge is 0.149 e. The van der Waals surface area contributed by atoms with Gasteiger partial charge in [-0.15, -0.1) is 0 Å². The molecule has 0 aliphatic heterocycles. The lowest BCUT2D eigenvalue weighted by Crippen LogP contribution is -2.11. The van der Waals surface area contributed by atoms with E-state index >= 15 is 0 Å². The molecule has 0 unspecified atom stereocenters. The van der Waals surface area contributed by atoms with Crippen LogP contribution in [0.5, 0.6) is 17.2 Å². The lowest BCUT2D eigenvalue weighted by molar-refractivity contribution is 0.380. The molecule has 0 aliphatic rings. The quantitative estimate of drug-likeness (QED) is 0.611. The Labute approximate surface area is 79.0 Å². The van der Waals surface area contributed by atoms with E-state index < -0.39 is 0 Å². The molecule has 0 saturated carbocycles. The van der Waals surface area contributed by atoms with Gasteiger partial charge in [0.15, 0.2) is 0 Å². The first kappa shape index (κ1) is 9.77. The summed E-state index contributed by atoms with van der Waals surface area (Å²) in [6.07, 6.45) is 0. The Kier molecular flexibility index (Phi) is 3.06. The molecule has 1 aromatic carbocycles. The summed E-state index contributed by atoms with van der Waals surface area (Å²) in [6.45, 7) is 0. The van der Waals surface area contributed by atoms with Crippen molar-refractivity contribution in [1.29, 1.82) is 0 Å². The van der Waals surface area contributed by atoms with Crippen LogP contribution < -0.4 is 19.7 Å². The molecule has 1 aromatic rings. The lowest BCUT2D eigenvalue weighted by atomic mass is 9.93. The van der Waals surface area contributed by atoms with Crippen molar-refractivity contribution < 1.29 is 14.2 Å². The number of methoxy groups -OCH3 is 3. The van der Waals surface area contributed by atoms with E-state index in [2.05, 4.69) is 0 Å². The van der Waals surface area contributed by atoms with Gasteiger partial charge in [0.1, 0.15) is 25.1 Å². The molecule has 0 fully saturated rings. The van der Waals surface area contributed by atoms with Gasteiger partial charge in [-0.1, -0.05) is 0 Å². The van der Waals surface area contributed by atoms with E-state index in [0.29, 0.717) is 0 Å². The summed E-state index contributed by atoms with van der Waals surface area (Å²) in [6, 6.07) is 3.66. The SMILES string of the molecule is Bc1c(OC)cc(OC)cc1OC. The van der Waals surface area contributed by atoms with E-state index in [4.69, 9.17) is 14.2 Å². The maximum atomic E-state index is 5.17. The zero-order valence-electron chi connectivity index (χ0n) is 8.38. The van der Waals surface area contributed by atoms with Crippen molar-refractivity contribution >= 4 is 13.3 Å². The van der Waals surface area contributed by atoms with Crippen molar-refractivity contribution in [2.45, 2.75) is 0 Å². The lowest BCUT2D eigenvalue weighted by Gasteiger charge is -2.11. The number of hydrogen-bond acceptors (Lipinski definition) is 3. The average molecular weight is 180 g/mol. The van der Waals surface area contributed by atoms with Crippen LogP contribution in [0, 0.1) is 0 Å². The molecule has 1 rings (SSSR count). The monoisotopic (exact) mass is 180 g/mol. The van der Waals surface area contributed by atoms with Gasteiger partial charge in [-0.25, -0.2) is 0 Å². The van der Waals surface area contributed by atoms with Crippen LogP contribution in [0.1, 0.15) is 0 Å². The van der Waals surface area contributed by atoms with Gasteiger partial charge in [-0.2, -0.15) is 0 Å². The molecule has 0 spiro atoms. The summed E-state index contributed by atoms with van der Waals surface area (Å²) in [4.78, 5) is 0. The Bertz CT molecular complexity index is 274. The van der Waals surface area contributed by atoms with E-state index in [1.807, 2.05) is 20.0 Å². The second-order valence-corrected chi connectivity index (χ2v) is 2.66. The molecule has 0 bridgehead atoms. The van der Waals surface area contributed by atoms with Gasteiger partial charge in [0, 0.05) is 12.1 Å². The first-order chi connectivity index (χ1) is 6.22. The number of benzene rings is 1. The predicted octanol–water partition coefficient (Wildman–Crippen LogP) is -0.0292. The van der Waals surface area contributed by atoms with Crippen LogP contribution >= 0.6 is 0 Å². The van der Waals surface area contributed by atoms with Crippen LogP contribution in [0.2, 0.25) is 0 Å². The third kappa shape index (κ3) is 1.88. The minimum absolute atomic E-state index is 0.735. The van der Waals surface area contributed by atoms with Gasteiger partial charge in [0.25, 0.3) is 0 Å². The number of ether oxygens (including phenoxy) is 3. The molecule has 13 heavy (non-hydrogen) atoms. The molecule has 4 heteroatoms. The summed E-state index contributed by atoms with van der Waals surface area (Å²) >= 11 is 0. The van der Waals surface area contributed by atoms with Crippen molar-refractivity contribution in [3.63, 3.8) is 0 Å². The van der Waals surface area contributed by atoms with Crippen LogP contribution in [-0.4, -0.2) is 29.2 Å². The first-order valence-electron chi connectivity index (χ1n) is 3.99. The average Bonchev–Trinajstić information content (AvgIpc) is 2.18.